The molecule has 0 saturated carbocycles. The minimum absolute atomic E-state index is 0.491. The number of nitrogens with zero attached hydrogens (tertiary/aromatic N) is 3. The van der Waals surface area contributed by atoms with Crippen molar-refractivity contribution in [1.82, 2.24) is 14.5 Å². The number of rotatable bonds is 1. The predicted molar refractivity (Wildman–Crippen MR) is 72.8 cm³/mol. The molecule has 0 radical (unpaired) electrons. The van der Waals surface area contributed by atoms with Crippen molar-refractivity contribution in [2.45, 2.75) is 13.8 Å². The second-order valence-corrected chi connectivity index (χ2v) is 4.46. The smallest absolute Gasteiger partial charge is 0.205 e. The Morgan fingerprint density at radius 1 is 1.17 bits per heavy atom. The summed E-state index contributed by atoms with van der Waals surface area (Å²) in [6.07, 6.45) is 3.48. The van der Waals surface area contributed by atoms with E-state index in [9.17, 15) is 0 Å². The molecule has 2 heterocycles. The quantitative estimate of drug-likeness (QED) is 0.709. The van der Waals surface area contributed by atoms with E-state index in [1.807, 2.05) is 10.6 Å². The lowest BCUT2D eigenvalue weighted by Gasteiger charge is -2.10. The third-order valence-corrected chi connectivity index (χ3v) is 3.08. The summed E-state index contributed by atoms with van der Waals surface area (Å²) in [5.41, 5.74) is 11.3. The number of aryl methyl sites for hydroxylation is 2. The fraction of sp³-hybridized carbons (Fsp3) is 0.143. The molecule has 3 rings (SSSR count). The van der Waals surface area contributed by atoms with Gasteiger partial charge in [-0.15, -0.1) is 0 Å². The van der Waals surface area contributed by atoms with Gasteiger partial charge in [-0.3, -0.25) is 9.55 Å². The van der Waals surface area contributed by atoms with Crippen molar-refractivity contribution in [2.24, 2.45) is 0 Å². The molecule has 0 aliphatic rings. The first-order chi connectivity index (χ1) is 8.66. The van der Waals surface area contributed by atoms with Crippen LogP contribution in [0.2, 0.25) is 0 Å². The van der Waals surface area contributed by atoms with Gasteiger partial charge in [0.1, 0.15) is 5.52 Å². The molecule has 4 heteroatoms. The van der Waals surface area contributed by atoms with Gasteiger partial charge in [-0.25, -0.2) is 4.98 Å². The summed E-state index contributed by atoms with van der Waals surface area (Å²) in [5, 5.41) is 0. The first-order valence-electron chi connectivity index (χ1n) is 5.82. The van der Waals surface area contributed by atoms with Gasteiger partial charge in [-0.2, -0.15) is 0 Å². The van der Waals surface area contributed by atoms with E-state index in [4.69, 9.17) is 5.73 Å². The van der Waals surface area contributed by atoms with Crippen LogP contribution in [0.15, 0.2) is 36.7 Å². The number of benzene rings is 1. The third kappa shape index (κ3) is 1.54. The van der Waals surface area contributed by atoms with Gasteiger partial charge in [-0.05, 0) is 31.5 Å². The molecule has 0 saturated heterocycles. The molecule has 1 aromatic carbocycles. The molecule has 0 spiro atoms. The van der Waals surface area contributed by atoms with E-state index in [-0.39, 0.29) is 0 Å². The molecule has 2 aromatic heterocycles. The number of nitrogens with two attached hydrogens (primary N) is 1. The van der Waals surface area contributed by atoms with Crippen LogP contribution in [0.1, 0.15) is 11.1 Å². The highest BCUT2D eigenvalue weighted by Gasteiger charge is 2.11. The van der Waals surface area contributed by atoms with E-state index in [1.54, 1.807) is 12.4 Å². The molecule has 0 aliphatic carbocycles. The van der Waals surface area contributed by atoms with Crippen LogP contribution in [0, 0.1) is 13.8 Å². The van der Waals surface area contributed by atoms with Gasteiger partial charge in [0.2, 0.25) is 5.95 Å². The monoisotopic (exact) mass is 238 g/mol. The average molecular weight is 238 g/mol. The number of pyridine rings is 1. The van der Waals surface area contributed by atoms with Crippen LogP contribution in [0.5, 0.6) is 0 Å². The summed E-state index contributed by atoms with van der Waals surface area (Å²) in [7, 11) is 0. The molecule has 0 fully saturated rings. The van der Waals surface area contributed by atoms with Crippen molar-refractivity contribution in [3.8, 4) is 5.69 Å². The van der Waals surface area contributed by atoms with Crippen molar-refractivity contribution < 1.29 is 0 Å². The third-order valence-electron chi connectivity index (χ3n) is 3.08. The van der Waals surface area contributed by atoms with Crippen molar-refractivity contribution in [2.75, 3.05) is 5.73 Å². The molecule has 2 N–H and O–H groups in total. The molecule has 3 aromatic rings. The van der Waals surface area contributed by atoms with Crippen LogP contribution in [0.3, 0.4) is 0 Å². The zero-order valence-corrected chi connectivity index (χ0v) is 10.4. The molecule has 0 bridgehead atoms. The average Bonchev–Trinajstić information content (AvgIpc) is 2.66. The molecule has 0 unspecified atom stereocenters. The molecule has 0 amide bonds. The Labute approximate surface area is 105 Å². The Hall–Kier alpha value is -2.36. The van der Waals surface area contributed by atoms with Crippen LogP contribution in [-0.4, -0.2) is 14.5 Å². The minimum atomic E-state index is 0.491. The Balaban J connectivity index is 2.34. The van der Waals surface area contributed by atoms with Crippen LogP contribution >= 0.6 is 0 Å². The lowest BCUT2D eigenvalue weighted by atomic mass is 10.1. The molecular weight excluding hydrogens is 224 g/mol. The number of aromatic nitrogens is 3. The van der Waals surface area contributed by atoms with Crippen LogP contribution in [0.25, 0.3) is 16.7 Å². The minimum Gasteiger partial charge on any atom is -0.369 e. The number of anilines is 1. The van der Waals surface area contributed by atoms with Gasteiger partial charge >= 0.3 is 0 Å². The summed E-state index contributed by atoms with van der Waals surface area (Å²) < 4.78 is 1.96. The molecule has 0 aliphatic heterocycles. The van der Waals surface area contributed by atoms with E-state index in [2.05, 4.69) is 42.0 Å². The Morgan fingerprint density at radius 2 is 2.00 bits per heavy atom. The van der Waals surface area contributed by atoms with Crippen molar-refractivity contribution in [1.29, 1.82) is 0 Å². The van der Waals surface area contributed by atoms with E-state index in [1.165, 1.54) is 11.1 Å². The number of imidazole rings is 1. The standard InChI is InChI=1S/C14H14N4/c1-9-3-4-12(10(2)7-9)18-13-5-6-16-8-11(13)17-14(18)15/h3-8H,1-2H3,(H2,15,17). The van der Waals surface area contributed by atoms with Crippen LogP contribution in [0.4, 0.5) is 5.95 Å². The summed E-state index contributed by atoms with van der Waals surface area (Å²) in [6.45, 7) is 4.16. The largest absolute Gasteiger partial charge is 0.369 e. The normalized spacial score (nSPS) is 11.0. The summed E-state index contributed by atoms with van der Waals surface area (Å²) in [4.78, 5) is 8.40. The molecule has 4 nitrogen and oxygen atoms in total. The van der Waals surface area contributed by atoms with Gasteiger partial charge < -0.3 is 5.73 Å². The Morgan fingerprint density at radius 3 is 2.78 bits per heavy atom. The molecule has 18 heavy (non-hydrogen) atoms. The first kappa shape index (κ1) is 10.8. The molecule has 0 atom stereocenters. The number of hydrogen-bond donors (Lipinski definition) is 1. The zero-order valence-electron chi connectivity index (χ0n) is 10.4. The van der Waals surface area contributed by atoms with Gasteiger partial charge in [0, 0.05) is 6.20 Å². The fourth-order valence-corrected chi connectivity index (χ4v) is 2.26. The lowest BCUT2D eigenvalue weighted by molar-refractivity contribution is 1.08. The van der Waals surface area contributed by atoms with Crippen molar-refractivity contribution in [3.05, 3.63) is 47.8 Å². The highest BCUT2D eigenvalue weighted by Crippen LogP contribution is 2.24. The van der Waals surface area contributed by atoms with Crippen LogP contribution < -0.4 is 5.73 Å². The van der Waals surface area contributed by atoms with Gasteiger partial charge in [0.25, 0.3) is 0 Å². The van der Waals surface area contributed by atoms with Gasteiger partial charge in [0.05, 0.1) is 17.4 Å². The lowest BCUT2D eigenvalue weighted by Crippen LogP contribution is -2.02. The van der Waals surface area contributed by atoms with Crippen LogP contribution in [-0.2, 0) is 0 Å². The maximum atomic E-state index is 6.02. The molecule has 90 valence electrons. The van der Waals surface area contributed by atoms with E-state index in [0.717, 1.165) is 16.7 Å². The summed E-state index contributed by atoms with van der Waals surface area (Å²) in [5.74, 6) is 0.491. The van der Waals surface area contributed by atoms with Crippen molar-refractivity contribution in [3.63, 3.8) is 0 Å². The maximum absolute atomic E-state index is 6.02. The highest BCUT2D eigenvalue weighted by molar-refractivity contribution is 5.80. The first-order valence-corrected chi connectivity index (χ1v) is 5.82. The summed E-state index contributed by atoms with van der Waals surface area (Å²) >= 11 is 0. The number of hydrogen-bond acceptors (Lipinski definition) is 3. The van der Waals surface area contributed by atoms with Gasteiger partial charge in [-0.1, -0.05) is 17.7 Å². The Kier molecular flexibility index (Phi) is 2.30. The fourth-order valence-electron chi connectivity index (χ4n) is 2.26. The zero-order chi connectivity index (χ0) is 12.7. The van der Waals surface area contributed by atoms with E-state index >= 15 is 0 Å². The van der Waals surface area contributed by atoms with Gasteiger partial charge in [0.15, 0.2) is 0 Å². The number of nitrogen functional groups attached to an aromatic ring is 1. The SMILES string of the molecule is Cc1ccc(-n2c(N)nc3cnccc32)c(C)c1. The topological polar surface area (TPSA) is 56.7 Å². The van der Waals surface area contributed by atoms with Crippen molar-refractivity contribution >= 4 is 17.0 Å². The Bertz CT molecular complexity index is 728. The molecular formula is C14H14N4. The number of fused-ring (bicyclic) bond motifs is 1. The second-order valence-electron chi connectivity index (χ2n) is 4.46. The second kappa shape index (κ2) is 3.84. The van der Waals surface area contributed by atoms with E-state index < -0.39 is 0 Å². The van der Waals surface area contributed by atoms with E-state index in [0.29, 0.717) is 5.95 Å². The maximum Gasteiger partial charge on any atom is 0.205 e. The highest BCUT2D eigenvalue weighted by atomic mass is 15.2. The predicted octanol–water partition coefficient (Wildman–Crippen LogP) is 2.62. The summed E-state index contributed by atoms with van der Waals surface area (Å²) in [6, 6.07) is 8.22.